The van der Waals surface area contributed by atoms with Crippen LogP contribution in [0.4, 0.5) is 16.2 Å². The van der Waals surface area contributed by atoms with Crippen LogP contribution in [0.25, 0.3) is 0 Å². The van der Waals surface area contributed by atoms with Crippen LogP contribution in [0.1, 0.15) is 32.3 Å². The molecule has 1 aromatic carbocycles. The fourth-order valence-electron chi connectivity index (χ4n) is 2.05. The Morgan fingerprint density at radius 1 is 1.15 bits per heavy atom. The lowest BCUT2D eigenvalue weighted by Gasteiger charge is -2.20. The van der Waals surface area contributed by atoms with Crippen LogP contribution in [0.3, 0.4) is 0 Å². The molecule has 27 heavy (non-hydrogen) atoms. The quantitative estimate of drug-likeness (QED) is 0.165. The SMILES string of the molecule is COC(=O)C(C(=O)OC)c1cc(NC(=O)OC(C)(C)C)c([N+](=O)[O-])cc1I. The Morgan fingerprint density at radius 3 is 2.07 bits per heavy atom. The van der Waals surface area contributed by atoms with Gasteiger partial charge in [0.2, 0.25) is 0 Å². The van der Waals surface area contributed by atoms with Gasteiger partial charge in [0.1, 0.15) is 11.3 Å². The van der Waals surface area contributed by atoms with E-state index in [-0.39, 0.29) is 14.8 Å². The predicted molar refractivity (Wildman–Crippen MR) is 102 cm³/mol. The molecule has 0 unspecified atom stereocenters. The van der Waals surface area contributed by atoms with Gasteiger partial charge in [0, 0.05) is 9.64 Å². The molecule has 0 aliphatic carbocycles. The lowest BCUT2D eigenvalue weighted by atomic mass is 9.98. The number of nitro benzene ring substituents is 1. The molecular weight excluding hydrogens is 475 g/mol. The lowest BCUT2D eigenvalue weighted by Crippen LogP contribution is -2.28. The Labute approximate surface area is 168 Å². The van der Waals surface area contributed by atoms with Crippen molar-refractivity contribution in [3.05, 3.63) is 31.4 Å². The number of nitrogens with one attached hydrogen (secondary N) is 1. The highest BCUT2D eigenvalue weighted by molar-refractivity contribution is 14.1. The van der Waals surface area contributed by atoms with Crippen LogP contribution in [-0.4, -0.2) is 42.8 Å². The molecule has 0 bridgehead atoms. The number of carbonyl (C=O) groups is 3. The van der Waals surface area contributed by atoms with Gasteiger partial charge in [-0.15, -0.1) is 0 Å². The summed E-state index contributed by atoms with van der Waals surface area (Å²) in [5.41, 5.74) is -1.40. The van der Waals surface area contributed by atoms with Crippen LogP contribution >= 0.6 is 22.6 Å². The molecule has 0 radical (unpaired) electrons. The highest BCUT2D eigenvalue weighted by Gasteiger charge is 2.34. The number of hydrogen-bond acceptors (Lipinski definition) is 8. The minimum Gasteiger partial charge on any atom is -0.468 e. The summed E-state index contributed by atoms with van der Waals surface area (Å²) < 4.78 is 14.6. The van der Waals surface area contributed by atoms with Crippen LogP contribution in [0, 0.1) is 13.7 Å². The van der Waals surface area contributed by atoms with E-state index < -0.39 is 40.2 Å². The molecule has 0 fully saturated rings. The smallest absolute Gasteiger partial charge is 0.412 e. The topological polar surface area (TPSA) is 134 Å². The predicted octanol–water partition coefficient (Wildman–Crippen LogP) is 2.98. The van der Waals surface area contributed by atoms with E-state index in [9.17, 15) is 24.5 Å². The zero-order chi connectivity index (χ0) is 20.9. The van der Waals surface area contributed by atoms with Crippen LogP contribution in [-0.2, 0) is 23.8 Å². The van der Waals surface area contributed by atoms with E-state index in [4.69, 9.17) is 4.74 Å². The van der Waals surface area contributed by atoms with E-state index in [1.165, 1.54) is 0 Å². The largest absolute Gasteiger partial charge is 0.468 e. The number of carbonyl (C=O) groups excluding carboxylic acids is 3. The van der Waals surface area contributed by atoms with Crippen molar-refractivity contribution in [1.82, 2.24) is 0 Å². The van der Waals surface area contributed by atoms with Crippen molar-refractivity contribution in [2.45, 2.75) is 32.3 Å². The summed E-state index contributed by atoms with van der Waals surface area (Å²) in [7, 11) is 2.19. The minimum absolute atomic E-state index is 0.0889. The van der Waals surface area contributed by atoms with Gasteiger partial charge >= 0.3 is 18.0 Å². The molecule has 1 amide bonds. The van der Waals surface area contributed by atoms with Crippen molar-refractivity contribution < 1.29 is 33.5 Å². The van der Waals surface area contributed by atoms with E-state index in [0.29, 0.717) is 0 Å². The zero-order valence-corrected chi connectivity index (χ0v) is 17.5. The summed E-state index contributed by atoms with van der Waals surface area (Å²) in [4.78, 5) is 46.7. The third-order valence-electron chi connectivity index (χ3n) is 3.13. The molecule has 1 aromatic rings. The second kappa shape index (κ2) is 8.97. The first kappa shape index (κ1) is 22.6. The molecule has 0 heterocycles. The molecule has 0 saturated heterocycles. The number of benzene rings is 1. The van der Waals surface area contributed by atoms with Crippen LogP contribution < -0.4 is 5.32 Å². The van der Waals surface area contributed by atoms with Crippen molar-refractivity contribution in [3.63, 3.8) is 0 Å². The highest BCUT2D eigenvalue weighted by Crippen LogP contribution is 2.34. The number of halogens is 1. The third kappa shape index (κ3) is 6.05. The molecule has 148 valence electrons. The molecule has 1 rings (SSSR count). The van der Waals surface area contributed by atoms with E-state index in [0.717, 1.165) is 26.4 Å². The number of nitro groups is 1. The Balaban J connectivity index is 3.47. The number of nitrogens with zero attached hydrogens (tertiary/aromatic N) is 1. The van der Waals surface area contributed by atoms with Crippen molar-refractivity contribution in [1.29, 1.82) is 0 Å². The van der Waals surface area contributed by atoms with Gasteiger partial charge in [-0.25, -0.2) is 4.79 Å². The van der Waals surface area contributed by atoms with E-state index in [1.54, 1.807) is 43.4 Å². The van der Waals surface area contributed by atoms with Crippen molar-refractivity contribution in [3.8, 4) is 0 Å². The summed E-state index contributed by atoms with van der Waals surface area (Å²) in [5, 5.41) is 13.6. The zero-order valence-electron chi connectivity index (χ0n) is 15.3. The summed E-state index contributed by atoms with van der Waals surface area (Å²) in [6.45, 7) is 4.89. The maximum Gasteiger partial charge on any atom is 0.412 e. The first-order chi connectivity index (χ1) is 12.4. The normalized spacial score (nSPS) is 10.9. The van der Waals surface area contributed by atoms with E-state index in [1.807, 2.05) is 0 Å². The number of anilines is 1. The highest BCUT2D eigenvalue weighted by atomic mass is 127. The minimum atomic E-state index is -1.47. The van der Waals surface area contributed by atoms with Gasteiger partial charge in [-0.3, -0.25) is 25.0 Å². The summed E-state index contributed by atoms with van der Waals surface area (Å²) in [6, 6.07) is 2.28. The number of esters is 2. The number of hydrogen-bond donors (Lipinski definition) is 1. The van der Waals surface area contributed by atoms with Crippen molar-refractivity contribution >= 4 is 52.0 Å². The average molecular weight is 494 g/mol. The Bertz CT molecular complexity index is 756. The van der Waals surface area contributed by atoms with Gasteiger partial charge in [0.15, 0.2) is 5.92 Å². The van der Waals surface area contributed by atoms with E-state index in [2.05, 4.69) is 14.8 Å². The summed E-state index contributed by atoms with van der Waals surface area (Å²) in [6.07, 6.45) is -0.926. The molecule has 11 heteroatoms. The summed E-state index contributed by atoms with van der Waals surface area (Å²) >= 11 is 1.74. The van der Waals surface area contributed by atoms with Gasteiger partial charge in [-0.05, 0) is 55.0 Å². The van der Waals surface area contributed by atoms with Crippen molar-refractivity contribution in [2.75, 3.05) is 19.5 Å². The van der Waals surface area contributed by atoms with Gasteiger partial charge in [-0.1, -0.05) is 0 Å². The fourth-order valence-corrected chi connectivity index (χ4v) is 2.81. The Morgan fingerprint density at radius 2 is 1.67 bits per heavy atom. The molecule has 1 N–H and O–H groups in total. The maximum atomic E-state index is 12.0. The third-order valence-corrected chi connectivity index (χ3v) is 4.07. The molecule has 0 saturated carbocycles. The molecule has 0 spiro atoms. The average Bonchev–Trinajstić information content (AvgIpc) is 2.54. The van der Waals surface area contributed by atoms with Crippen molar-refractivity contribution in [2.24, 2.45) is 0 Å². The van der Waals surface area contributed by atoms with Gasteiger partial charge in [-0.2, -0.15) is 0 Å². The molecule has 0 aromatic heterocycles. The van der Waals surface area contributed by atoms with Crippen LogP contribution in [0.15, 0.2) is 12.1 Å². The monoisotopic (exact) mass is 494 g/mol. The maximum absolute atomic E-state index is 12.0. The first-order valence-electron chi connectivity index (χ1n) is 7.54. The Kier molecular flexibility index (Phi) is 7.51. The molecule has 0 atom stereocenters. The number of amides is 1. The van der Waals surface area contributed by atoms with Gasteiger partial charge in [0.25, 0.3) is 5.69 Å². The Hall–Kier alpha value is -2.44. The van der Waals surface area contributed by atoms with Gasteiger partial charge < -0.3 is 14.2 Å². The van der Waals surface area contributed by atoms with Crippen LogP contribution in [0.5, 0.6) is 0 Å². The number of rotatable bonds is 5. The van der Waals surface area contributed by atoms with E-state index >= 15 is 0 Å². The molecule has 10 nitrogen and oxygen atoms in total. The number of ether oxygens (including phenoxy) is 3. The second-order valence-electron chi connectivity index (χ2n) is 6.25. The standard InChI is InChI=1S/C16H19IN2O8/c1-16(2,3)27-15(22)18-10-6-8(9(17)7-11(10)19(23)24)12(13(20)25-4)14(21)26-5/h6-7,12H,1-5H3,(H,18,22). The molecule has 0 aliphatic rings. The fraction of sp³-hybridized carbons (Fsp3) is 0.438. The first-order valence-corrected chi connectivity index (χ1v) is 8.62. The summed E-state index contributed by atoms with van der Waals surface area (Å²) in [5.74, 6) is -3.28. The lowest BCUT2D eigenvalue weighted by molar-refractivity contribution is -0.384. The van der Waals surface area contributed by atoms with Crippen LogP contribution in [0.2, 0.25) is 0 Å². The van der Waals surface area contributed by atoms with Gasteiger partial charge in [0.05, 0.1) is 19.1 Å². The second-order valence-corrected chi connectivity index (χ2v) is 7.42. The molecule has 0 aliphatic heterocycles. The molecular formula is C16H19IN2O8. The number of methoxy groups -OCH3 is 2.